The summed E-state index contributed by atoms with van der Waals surface area (Å²) in [6, 6.07) is 0. The molecule has 16 nitrogen and oxygen atoms in total. The van der Waals surface area contributed by atoms with Crippen molar-refractivity contribution in [2.45, 2.75) is 334 Å². The molecule has 0 heterocycles. The van der Waals surface area contributed by atoms with E-state index in [4.69, 9.17) is 32.3 Å². The predicted octanol–water partition coefficient (Wildman–Crippen LogP) is 22.0. The predicted molar refractivity (Wildman–Crippen MR) is 399 cm³/mol. The van der Waals surface area contributed by atoms with Crippen LogP contribution in [0, 0.1) is 0 Å². The largest absolute Gasteiger partial charge is 0.472 e. The first-order chi connectivity index (χ1) is 47.2. The van der Waals surface area contributed by atoms with E-state index in [-0.39, 0.29) is 19.3 Å². The number of rotatable bonds is 72. The Labute approximate surface area is 590 Å². The van der Waals surface area contributed by atoms with Gasteiger partial charge in [0.2, 0.25) is 0 Å². The number of allylic oxidation sites excluding steroid dienone is 18. The molecule has 18 heteroatoms. The maximum Gasteiger partial charge on any atom is 0.472 e. The van der Waals surface area contributed by atoms with Crippen molar-refractivity contribution in [3.63, 3.8) is 0 Å². The molecular formula is C79H138O16P2. The van der Waals surface area contributed by atoms with Crippen molar-refractivity contribution in [2.75, 3.05) is 39.6 Å². The standard InChI is InChI=1S/C79H138O16P2/c1-4-7-10-13-16-19-22-25-27-29-31-33-35-36-38-40-41-43-45-48-50-53-56-59-62-65-77(82)89-68-74(80)69-91-96(85,86)92-70-75(81)71-93-97(87,88)94-73-76(95-79(84)67-64-61-58-55-52-47-24-21-18-15-12-9-6-3)72-90-78(83)66-63-60-57-54-51-49-46-44-42-39-37-34-32-30-28-26-23-20-17-14-11-8-5-2/h8,11,16-17,19-20,25-28,31-34,36,38-39,42,74-76,80-81H,4-7,9-10,12-15,18,21-24,29-30,35,37,40-41,43-73H2,1-3H3,(H,85,86)(H,87,88)/b11-8-,19-16-,20-17-,27-25-,28-26-,33-31-,34-32-,38-36-,42-39-. The van der Waals surface area contributed by atoms with E-state index >= 15 is 0 Å². The maximum absolute atomic E-state index is 12.9. The fourth-order valence-electron chi connectivity index (χ4n) is 10.2. The average molecular weight is 1410 g/mol. The Balaban J connectivity index is 4.57. The van der Waals surface area contributed by atoms with E-state index in [0.29, 0.717) is 19.3 Å². The van der Waals surface area contributed by atoms with Crippen LogP contribution in [0.25, 0.3) is 0 Å². The third kappa shape index (κ3) is 73.3. The van der Waals surface area contributed by atoms with Crippen LogP contribution < -0.4 is 0 Å². The van der Waals surface area contributed by atoms with Gasteiger partial charge in [0.15, 0.2) is 6.10 Å². The first kappa shape index (κ1) is 93.2. The van der Waals surface area contributed by atoms with Crippen molar-refractivity contribution in [1.82, 2.24) is 0 Å². The Bertz CT molecular complexity index is 2200. The lowest BCUT2D eigenvalue weighted by molar-refractivity contribution is -0.161. The minimum absolute atomic E-state index is 0.104. The van der Waals surface area contributed by atoms with E-state index in [2.05, 4.69) is 130 Å². The molecule has 0 aliphatic carbocycles. The van der Waals surface area contributed by atoms with Crippen LogP contribution in [0.2, 0.25) is 0 Å². The summed E-state index contributed by atoms with van der Waals surface area (Å²) in [4.78, 5) is 58.6. The molecule has 0 aliphatic rings. The molecule has 97 heavy (non-hydrogen) atoms. The van der Waals surface area contributed by atoms with Gasteiger partial charge < -0.3 is 34.2 Å². The van der Waals surface area contributed by atoms with Crippen molar-refractivity contribution in [3.8, 4) is 0 Å². The zero-order valence-corrected chi connectivity index (χ0v) is 62.8. The van der Waals surface area contributed by atoms with Gasteiger partial charge in [-0.1, -0.05) is 297 Å². The van der Waals surface area contributed by atoms with E-state index in [1.165, 1.54) is 103 Å². The van der Waals surface area contributed by atoms with Gasteiger partial charge in [0.1, 0.15) is 25.4 Å². The highest BCUT2D eigenvalue weighted by Crippen LogP contribution is 2.45. The zero-order valence-electron chi connectivity index (χ0n) is 61.0. The molecule has 0 aliphatic heterocycles. The molecule has 0 rings (SSSR count). The Morgan fingerprint density at radius 2 is 0.546 bits per heavy atom. The average Bonchev–Trinajstić information content (AvgIpc) is 1.87. The summed E-state index contributed by atoms with van der Waals surface area (Å²) >= 11 is 0. The highest BCUT2D eigenvalue weighted by atomic mass is 31.2. The highest BCUT2D eigenvalue weighted by molar-refractivity contribution is 7.47. The Hall–Kier alpha value is -3.79. The molecule has 5 unspecified atom stereocenters. The van der Waals surface area contributed by atoms with Crippen LogP contribution in [-0.2, 0) is 55.8 Å². The number of hydrogen-bond donors (Lipinski definition) is 4. The van der Waals surface area contributed by atoms with Gasteiger partial charge in [-0.2, -0.15) is 0 Å². The molecule has 0 amide bonds. The van der Waals surface area contributed by atoms with Gasteiger partial charge in [0.25, 0.3) is 0 Å². The van der Waals surface area contributed by atoms with Crippen molar-refractivity contribution in [3.05, 3.63) is 109 Å². The molecule has 0 aromatic rings. The second-order valence-electron chi connectivity index (χ2n) is 25.4. The monoisotopic (exact) mass is 1400 g/mol. The summed E-state index contributed by atoms with van der Waals surface area (Å²) in [5.41, 5.74) is 0. The minimum atomic E-state index is -4.93. The van der Waals surface area contributed by atoms with Gasteiger partial charge in [-0.3, -0.25) is 32.5 Å². The number of aliphatic hydroxyl groups is 2. The quantitative estimate of drug-likeness (QED) is 0.0146. The third-order valence-corrected chi connectivity index (χ3v) is 17.9. The van der Waals surface area contributed by atoms with Gasteiger partial charge in [0, 0.05) is 19.3 Å². The van der Waals surface area contributed by atoms with Gasteiger partial charge >= 0.3 is 33.6 Å². The number of ether oxygens (including phenoxy) is 3. The van der Waals surface area contributed by atoms with Crippen molar-refractivity contribution >= 4 is 33.6 Å². The van der Waals surface area contributed by atoms with Crippen LogP contribution in [0.5, 0.6) is 0 Å². The summed E-state index contributed by atoms with van der Waals surface area (Å²) in [6.45, 7) is 2.54. The summed E-state index contributed by atoms with van der Waals surface area (Å²) in [5, 5.41) is 20.6. The Morgan fingerprint density at radius 1 is 0.299 bits per heavy atom. The number of esters is 3. The molecule has 0 aromatic heterocycles. The number of phosphoric ester groups is 2. The summed E-state index contributed by atoms with van der Waals surface area (Å²) < 4.78 is 61.1. The molecule has 0 bridgehead atoms. The lowest BCUT2D eigenvalue weighted by Crippen LogP contribution is -2.30. The maximum atomic E-state index is 12.9. The summed E-state index contributed by atoms with van der Waals surface area (Å²) in [7, 11) is -9.78. The van der Waals surface area contributed by atoms with Crippen LogP contribution in [0.15, 0.2) is 109 Å². The van der Waals surface area contributed by atoms with E-state index in [0.717, 1.165) is 154 Å². The van der Waals surface area contributed by atoms with Crippen molar-refractivity contribution in [1.29, 1.82) is 0 Å². The molecular weight excluding hydrogens is 1270 g/mol. The minimum Gasteiger partial charge on any atom is -0.463 e. The lowest BCUT2D eigenvalue weighted by atomic mass is 10.0. The first-order valence-corrected chi connectivity index (χ1v) is 41.2. The molecule has 0 radical (unpaired) electrons. The van der Waals surface area contributed by atoms with Crippen LogP contribution in [0.1, 0.15) is 316 Å². The second kappa shape index (κ2) is 72.0. The molecule has 0 spiro atoms. The number of carbonyl (C=O) groups excluding carboxylic acids is 3. The molecule has 0 saturated carbocycles. The second-order valence-corrected chi connectivity index (χ2v) is 28.3. The topological polar surface area (TPSA) is 231 Å². The smallest absolute Gasteiger partial charge is 0.463 e. The Kier molecular flexibility index (Phi) is 69.2. The number of phosphoric acid groups is 2. The zero-order chi connectivity index (χ0) is 70.9. The molecule has 560 valence electrons. The SMILES string of the molecule is CC/C=C\C/C=C\C/C=C\C/C=C\C/C=C\CCCCCCCCCC(=O)OCC(COP(=O)(O)OCC(O)COP(=O)(O)OCC(O)COC(=O)CCCCCCCCCCC/C=C\C/C=C\C/C=C\C/C=C\CCCCC)OC(=O)CCCCCCCCCCCCCCC. The number of carbonyl (C=O) groups is 3. The fourth-order valence-corrected chi connectivity index (χ4v) is 11.8. The van der Waals surface area contributed by atoms with E-state index in [1.54, 1.807) is 0 Å². The normalized spacial score (nSPS) is 14.7. The van der Waals surface area contributed by atoms with Gasteiger partial charge in [-0.05, 0) is 109 Å². The number of aliphatic hydroxyl groups excluding tert-OH is 2. The Morgan fingerprint density at radius 3 is 0.887 bits per heavy atom. The summed E-state index contributed by atoms with van der Waals surface area (Å²) in [6.07, 6.45) is 82.7. The van der Waals surface area contributed by atoms with E-state index in [9.17, 15) is 43.5 Å². The van der Waals surface area contributed by atoms with E-state index < -0.39 is 91.5 Å². The summed E-state index contributed by atoms with van der Waals surface area (Å²) in [5.74, 6) is -1.58. The fraction of sp³-hybridized carbons (Fsp3) is 0.734. The van der Waals surface area contributed by atoms with Crippen LogP contribution in [-0.4, -0.2) is 95.9 Å². The first-order valence-electron chi connectivity index (χ1n) is 38.2. The van der Waals surface area contributed by atoms with Crippen molar-refractivity contribution in [2.24, 2.45) is 0 Å². The number of hydrogen-bond acceptors (Lipinski definition) is 14. The van der Waals surface area contributed by atoms with Crippen LogP contribution in [0.3, 0.4) is 0 Å². The molecule has 4 N–H and O–H groups in total. The molecule has 0 saturated heterocycles. The van der Waals surface area contributed by atoms with Crippen molar-refractivity contribution < 1.29 is 75.8 Å². The lowest BCUT2D eigenvalue weighted by Gasteiger charge is -2.21. The molecule has 0 fully saturated rings. The third-order valence-electron chi connectivity index (χ3n) is 16.0. The van der Waals surface area contributed by atoms with Crippen LogP contribution >= 0.6 is 15.6 Å². The van der Waals surface area contributed by atoms with E-state index in [1.807, 2.05) is 0 Å². The molecule has 0 aromatic carbocycles. The number of unbranched alkanes of at least 4 members (excludes halogenated alkanes) is 31. The van der Waals surface area contributed by atoms with Gasteiger partial charge in [-0.15, -0.1) is 0 Å². The van der Waals surface area contributed by atoms with Gasteiger partial charge in [0.05, 0.1) is 26.4 Å². The van der Waals surface area contributed by atoms with Gasteiger partial charge in [-0.25, -0.2) is 9.13 Å². The molecule has 5 atom stereocenters. The highest BCUT2D eigenvalue weighted by Gasteiger charge is 2.29. The van der Waals surface area contributed by atoms with Crippen LogP contribution in [0.4, 0.5) is 0 Å².